The minimum atomic E-state index is 0.140. The van der Waals surface area contributed by atoms with Gasteiger partial charge in [0.15, 0.2) is 0 Å². The number of rotatable bonds is 4. The van der Waals surface area contributed by atoms with E-state index in [1.165, 1.54) is 0 Å². The highest BCUT2D eigenvalue weighted by Crippen LogP contribution is 2.27. The van der Waals surface area contributed by atoms with Crippen LogP contribution in [0.25, 0.3) is 0 Å². The molecule has 0 bridgehead atoms. The fraction of sp³-hybridized carbons (Fsp3) is 0.714. The zero-order valence-corrected chi connectivity index (χ0v) is 12.8. The van der Waals surface area contributed by atoms with E-state index in [0.717, 1.165) is 41.4 Å². The summed E-state index contributed by atoms with van der Waals surface area (Å²) in [5.41, 5.74) is 6.60. The molecule has 1 saturated heterocycles. The van der Waals surface area contributed by atoms with Crippen LogP contribution < -0.4 is 5.73 Å². The molecule has 1 fully saturated rings. The molecule has 0 aromatic carbocycles. The van der Waals surface area contributed by atoms with Crippen LogP contribution in [0.5, 0.6) is 0 Å². The maximum Gasteiger partial charge on any atom is 0.266 e. The third-order valence-corrected chi connectivity index (χ3v) is 4.96. The van der Waals surface area contributed by atoms with Crippen molar-refractivity contribution in [3.8, 4) is 0 Å². The molecule has 1 aliphatic rings. The molecular formula is C14H23N3OS. The highest BCUT2D eigenvalue weighted by molar-refractivity contribution is 7.13. The summed E-state index contributed by atoms with van der Waals surface area (Å²) in [5.74, 6) is 0.586. The molecule has 0 radical (unpaired) electrons. The second-order valence-electron chi connectivity index (χ2n) is 5.42. The van der Waals surface area contributed by atoms with Crippen molar-refractivity contribution in [1.29, 1.82) is 0 Å². The van der Waals surface area contributed by atoms with Crippen molar-refractivity contribution in [2.75, 3.05) is 13.1 Å². The zero-order chi connectivity index (χ0) is 14.0. The van der Waals surface area contributed by atoms with Gasteiger partial charge in [-0.3, -0.25) is 4.79 Å². The first-order valence-corrected chi connectivity index (χ1v) is 7.85. The summed E-state index contributed by atoms with van der Waals surface area (Å²) in [5, 5.41) is 1.07. The van der Waals surface area contributed by atoms with Crippen LogP contribution in [0.15, 0.2) is 0 Å². The van der Waals surface area contributed by atoms with Gasteiger partial charge in [-0.1, -0.05) is 6.92 Å². The summed E-state index contributed by atoms with van der Waals surface area (Å²) in [6, 6.07) is 0.289. The monoisotopic (exact) mass is 281 g/mol. The number of aryl methyl sites for hydroxylation is 2. The van der Waals surface area contributed by atoms with Crippen molar-refractivity contribution < 1.29 is 4.79 Å². The zero-order valence-electron chi connectivity index (χ0n) is 12.0. The lowest BCUT2D eigenvalue weighted by Gasteiger charge is -2.20. The van der Waals surface area contributed by atoms with Gasteiger partial charge in [0.25, 0.3) is 5.91 Å². The molecule has 5 heteroatoms. The van der Waals surface area contributed by atoms with E-state index < -0.39 is 0 Å². The van der Waals surface area contributed by atoms with Gasteiger partial charge in [0.05, 0.1) is 10.7 Å². The molecule has 1 aromatic heterocycles. The first-order valence-electron chi connectivity index (χ1n) is 7.04. The molecule has 1 aromatic rings. The van der Waals surface area contributed by atoms with Crippen LogP contribution >= 0.6 is 11.3 Å². The summed E-state index contributed by atoms with van der Waals surface area (Å²) in [6.07, 6.45) is 3.04. The Hall–Kier alpha value is -0.940. The Kier molecular flexibility index (Phi) is 4.58. The number of carbonyl (C=O) groups is 1. The molecule has 1 aliphatic heterocycles. The fourth-order valence-electron chi connectivity index (χ4n) is 2.70. The molecule has 19 heavy (non-hydrogen) atoms. The Bertz CT molecular complexity index is 458. The molecule has 2 unspecified atom stereocenters. The lowest BCUT2D eigenvalue weighted by Crippen LogP contribution is -2.34. The Labute approximate surface area is 119 Å². The number of likely N-dealkylation sites (tertiary alicyclic amines) is 1. The molecule has 2 heterocycles. The van der Waals surface area contributed by atoms with E-state index in [0.29, 0.717) is 12.5 Å². The Morgan fingerprint density at radius 2 is 2.32 bits per heavy atom. The van der Waals surface area contributed by atoms with Crippen molar-refractivity contribution in [2.24, 2.45) is 11.7 Å². The van der Waals surface area contributed by atoms with E-state index in [1.54, 1.807) is 11.3 Å². The summed E-state index contributed by atoms with van der Waals surface area (Å²) >= 11 is 1.56. The van der Waals surface area contributed by atoms with Gasteiger partial charge in [0.2, 0.25) is 0 Å². The van der Waals surface area contributed by atoms with E-state index >= 15 is 0 Å². The first kappa shape index (κ1) is 14.5. The van der Waals surface area contributed by atoms with Crippen LogP contribution in [0.1, 0.15) is 47.1 Å². The smallest absolute Gasteiger partial charge is 0.266 e. The summed E-state index contributed by atoms with van der Waals surface area (Å²) in [6.45, 7) is 7.63. The predicted octanol–water partition coefficient (Wildman–Crippen LogP) is 2.21. The Morgan fingerprint density at radius 1 is 1.58 bits per heavy atom. The van der Waals surface area contributed by atoms with Gasteiger partial charge in [-0.05, 0) is 45.6 Å². The van der Waals surface area contributed by atoms with Crippen LogP contribution in [0, 0.1) is 12.8 Å². The number of nitrogens with zero attached hydrogens (tertiary/aromatic N) is 2. The largest absolute Gasteiger partial charge is 0.335 e. The van der Waals surface area contributed by atoms with E-state index in [9.17, 15) is 4.79 Å². The van der Waals surface area contributed by atoms with Gasteiger partial charge in [-0.15, -0.1) is 11.3 Å². The second kappa shape index (κ2) is 6.01. The van der Waals surface area contributed by atoms with Gasteiger partial charge < -0.3 is 10.6 Å². The topological polar surface area (TPSA) is 59.2 Å². The van der Waals surface area contributed by atoms with Crippen molar-refractivity contribution in [2.45, 2.75) is 46.1 Å². The van der Waals surface area contributed by atoms with Crippen LogP contribution in [0.3, 0.4) is 0 Å². The minimum absolute atomic E-state index is 0.140. The second-order valence-corrected chi connectivity index (χ2v) is 6.50. The van der Waals surface area contributed by atoms with E-state index in [2.05, 4.69) is 18.8 Å². The maximum atomic E-state index is 12.6. The number of amides is 1. The molecule has 4 nitrogen and oxygen atoms in total. The van der Waals surface area contributed by atoms with Crippen LogP contribution in [-0.4, -0.2) is 34.9 Å². The quantitative estimate of drug-likeness (QED) is 0.920. The third kappa shape index (κ3) is 2.98. The molecular weight excluding hydrogens is 258 g/mol. The fourth-order valence-corrected chi connectivity index (χ4v) is 3.82. The van der Waals surface area contributed by atoms with Crippen molar-refractivity contribution in [1.82, 2.24) is 9.88 Å². The molecule has 0 spiro atoms. The standard InChI is InChI=1S/C14H23N3OS/c1-4-5-12-16-10(3)13(19-12)14(18)17-8-11(7-15)6-9(17)2/h9,11H,4-8,15H2,1-3H3. The van der Waals surface area contributed by atoms with Crippen LogP contribution in [-0.2, 0) is 6.42 Å². The molecule has 2 N–H and O–H groups in total. The van der Waals surface area contributed by atoms with Crippen molar-refractivity contribution in [3.05, 3.63) is 15.6 Å². The van der Waals surface area contributed by atoms with Gasteiger partial charge >= 0.3 is 0 Å². The highest BCUT2D eigenvalue weighted by atomic mass is 32.1. The average molecular weight is 281 g/mol. The number of thiazole rings is 1. The first-order chi connectivity index (χ1) is 9.06. The van der Waals surface area contributed by atoms with Gasteiger partial charge in [-0.2, -0.15) is 0 Å². The number of nitrogens with two attached hydrogens (primary N) is 1. The highest BCUT2D eigenvalue weighted by Gasteiger charge is 2.33. The number of hydrogen-bond donors (Lipinski definition) is 1. The van der Waals surface area contributed by atoms with Crippen molar-refractivity contribution in [3.63, 3.8) is 0 Å². The lowest BCUT2D eigenvalue weighted by atomic mass is 10.1. The molecule has 1 amide bonds. The Morgan fingerprint density at radius 3 is 2.89 bits per heavy atom. The third-order valence-electron chi connectivity index (χ3n) is 3.75. The number of aromatic nitrogens is 1. The summed E-state index contributed by atoms with van der Waals surface area (Å²) in [4.78, 5) is 19.9. The average Bonchev–Trinajstić information content (AvgIpc) is 2.92. The predicted molar refractivity (Wildman–Crippen MR) is 78.5 cm³/mol. The maximum absolute atomic E-state index is 12.6. The van der Waals surface area contributed by atoms with Crippen molar-refractivity contribution >= 4 is 17.2 Å². The molecule has 106 valence electrons. The SMILES string of the molecule is CCCc1nc(C)c(C(=O)N2CC(CN)CC2C)s1. The molecule has 0 saturated carbocycles. The van der Waals surface area contributed by atoms with E-state index in [4.69, 9.17) is 5.73 Å². The van der Waals surface area contributed by atoms with Gasteiger partial charge in [0, 0.05) is 12.6 Å². The molecule has 2 rings (SSSR count). The van der Waals surface area contributed by atoms with Gasteiger partial charge in [-0.25, -0.2) is 4.98 Å². The van der Waals surface area contributed by atoms with Crippen LogP contribution in [0.2, 0.25) is 0 Å². The molecule has 0 aliphatic carbocycles. The lowest BCUT2D eigenvalue weighted by molar-refractivity contribution is 0.0747. The summed E-state index contributed by atoms with van der Waals surface area (Å²) < 4.78 is 0. The summed E-state index contributed by atoms with van der Waals surface area (Å²) in [7, 11) is 0. The van der Waals surface area contributed by atoms with Gasteiger partial charge in [0.1, 0.15) is 4.88 Å². The van der Waals surface area contributed by atoms with E-state index in [1.807, 2.05) is 11.8 Å². The van der Waals surface area contributed by atoms with Crippen LogP contribution in [0.4, 0.5) is 0 Å². The number of hydrogen-bond acceptors (Lipinski definition) is 4. The van der Waals surface area contributed by atoms with E-state index in [-0.39, 0.29) is 11.9 Å². The molecule has 2 atom stereocenters. The number of carbonyl (C=O) groups excluding carboxylic acids is 1. The minimum Gasteiger partial charge on any atom is -0.335 e. The Balaban J connectivity index is 2.15. The normalized spacial score (nSPS) is 23.1.